The minimum absolute atomic E-state index is 0.116. The summed E-state index contributed by atoms with van der Waals surface area (Å²) in [7, 11) is 1.75. The summed E-state index contributed by atoms with van der Waals surface area (Å²) in [5.74, 6) is 1.31. The van der Waals surface area contributed by atoms with Crippen molar-refractivity contribution >= 4 is 11.9 Å². The predicted octanol–water partition coefficient (Wildman–Crippen LogP) is 1.41. The van der Waals surface area contributed by atoms with Gasteiger partial charge >= 0.3 is 0 Å². The molecule has 0 aliphatic heterocycles. The number of nitrogens with zero attached hydrogens (tertiary/aromatic N) is 2. The normalized spacial score (nSPS) is 11.4. The molecular formula is C16H27N5O. The number of aromatic nitrogens is 1. The Morgan fingerprint density at radius 3 is 2.55 bits per heavy atom. The van der Waals surface area contributed by atoms with Crippen molar-refractivity contribution in [2.75, 3.05) is 26.7 Å². The molecule has 1 rings (SSSR count). The molecule has 0 aliphatic rings. The molecule has 0 spiro atoms. The summed E-state index contributed by atoms with van der Waals surface area (Å²) in [6.45, 7) is 6.45. The summed E-state index contributed by atoms with van der Waals surface area (Å²) in [5, 5.41) is 9.34. The second-order valence-electron chi connectivity index (χ2n) is 5.06. The van der Waals surface area contributed by atoms with Crippen LogP contribution in [0.4, 0.5) is 0 Å². The maximum absolute atomic E-state index is 11.8. The molecule has 1 aromatic rings. The number of rotatable bonds is 8. The Labute approximate surface area is 132 Å². The van der Waals surface area contributed by atoms with Crippen LogP contribution in [-0.4, -0.2) is 43.5 Å². The van der Waals surface area contributed by atoms with Crippen LogP contribution in [0.1, 0.15) is 37.0 Å². The van der Waals surface area contributed by atoms with E-state index in [4.69, 9.17) is 0 Å². The van der Waals surface area contributed by atoms with Gasteiger partial charge in [-0.15, -0.1) is 0 Å². The zero-order chi connectivity index (χ0) is 16.2. The Balaban J connectivity index is 2.23. The molecule has 0 radical (unpaired) electrons. The van der Waals surface area contributed by atoms with Gasteiger partial charge in [0.15, 0.2) is 5.96 Å². The highest BCUT2D eigenvalue weighted by molar-refractivity contribution is 5.93. The molecule has 1 aromatic heterocycles. The molecule has 0 saturated heterocycles. The third-order valence-electron chi connectivity index (χ3n) is 3.56. The van der Waals surface area contributed by atoms with E-state index in [0.29, 0.717) is 24.6 Å². The van der Waals surface area contributed by atoms with Crippen LogP contribution in [0.5, 0.6) is 0 Å². The van der Waals surface area contributed by atoms with Crippen molar-refractivity contribution in [1.29, 1.82) is 0 Å². The van der Waals surface area contributed by atoms with Gasteiger partial charge in [-0.1, -0.05) is 26.7 Å². The first-order valence-corrected chi connectivity index (χ1v) is 7.83. The number of nitrogens with one attached hydrogen (secondary N) is 3. The zero-order valence-electron chi connectivity index (χ0n) is 13.7. The van der Waals surface area contributed by atoms with Crippen LogP contribution in [0.15, 0.2) is 29.5 Å². The van der Waals surface area contributed by atoms with Gasteiger partial charge < -0.3 is 16.0 Å². The molecule has 0 atom stereocenters. The summed E-state index contributed by atoms with van der Waals surface area (Å²) in [6.07, 6.45) is 5.51. The fraction of sp³-hybridized carbons (Fsp3) is 0.562. The second kappa shape index (κ2) is 10.6. The molecular weight excluding hydrogens is 278 g/mol. The first kappa shape index (κ1) is 17.9. The minimum atomic E-state index is -0.116. The van der Waals surface area contributed by atoms with Crippen molar-refractivity contribution in [3.63, 3.8) is 0 Å². The van der Waals surface area contributed by atoms with Crippen LogP contribution in [0.2, 0.25) is 0 Å². The fourth-order valence-electron chi connectivity index (χ4n) is 2.00. The number of carbonyl (C=O) groups is 1. The molecule has 122 valence electrons. The molecule has 6 heteroatoms. The first-order valence-electron chi connectivity index (χ1n) is 7.83. The highest BCUT2D eigenvalue weighted by Gasteiger charge is 2.06. The highest BCUT2D eigenvalue weighted by atomic mass is 16.1. The van der Waals surface area contributed by atoms with Gasteiger partial charge in [0.25, 0.3) is 5.91 Å². The lowest BCUT2D eigenvalue weighted by atomic mass is 10.0. The molecule has 1 heterocycles. The highest BCUT2D eigenvalue weighted by Crippen LogP contribution is 2.04. The van der Waals surface area contributed by atoms with E-state index in [1.54, 1.807) is 31.6 Å². The van der Waals surface area contributed by atoms with Gasteiger partial charge in [-0.25, -0.2) is 0 Å². The molecule has 0 bridgehead atoms. The van der Waals surface area contributed by atoms with Gasteiger partial charge in [0.2, 0.25) is 0 Å². The molecule has 0 saturated carbocycles. The van der Waals surface area contributed by atoms with Crippen LogP contribution in [-0.2, 0) is 0 Å². The number of hydrogen-bond acceptors (Lipinski definition) is 3. The van der Waals surface area contributed by atoms with E-state index in [1.807, 2.05) is 0 Å². The van der Waals surface area contributed by atoms with Crippen molar-refractivity contribution in [1.82, 2.24) is 20.9 Å². The monoisotopic (exact) mass is 305 g/mol. The summed E-state index contributed by atoms with van der Waals surface area (Å²) in [4.78, 5) is 19.9. The number of pyridine rings is 1. The van der Waals surface area contributed by atoms with Gasteiger partial charge in [-0.3, -0.25) is 14.8 Å². The Kier molecular flexibility index (Phi) is 8.64. The van der Waals surface area contributed by atoms with Crippen LogP contribution in [0, 0.1) is 5.92 Å². The maximum atomic E-state index is 11.8. The van der Waals surface area contributed by atoms with E-state index >= 15 is 0 Å². The lowest BCUT2D eigenvalue weighted by molar-refractivity contribution is 0.0954. The third kappa shape index (κ3) is 6.56. The van der Waals surface area contributed by atoms with Gasteiger partial charge in [0.05, 0.1) is 5.56 Å². The fourth-order valence-corrected chi connectivity index (χ4v) is 2.00. The number of aliphatic imine (C=N–C) groups is 1. The topological polar surface area (TPSA) is 78.4 Å². The molecule has 3 N–H and O–H groups in total. The van der Waals surface area contributed by atoms with Gasteiger partial charge in [0.1, 0.15) is 0 Å². The van der Waals surface area contributed by atoms with E-state index in [-0.39, 0.29) is 5.91 Å². The zero-order valence-corrected chi connectivity index (χ0v) is 13.7. The Morgan fingerprint density at radius 1 is 1.23 bits per heavy atom. The summed E-state index contributed by atoms with van der Waals surface area (Å²) < 4.78 is 0. The van der Waals surface area contributed by atoms with Crippen molar-refractivity contribution in [2.24, 2.45) is 10.9 Å². The molecule has 0 fully saturated rings. The molecule has 22 heavy (non-hydrogen) atoms. The van der Waals surface area contributed by atoms with Crippen molar-refractivity contribution in [2.45, 2.75) is 26.7 Å². The number of amides is 1. The number of guanidine groups is 1. The maximum Gasteiger partial charge on any atom is 0.252 e. The Bertz CT molecular complexity index is 457. The summed E-state index contributed by atoms with van der Waals surface area (Å²) in [5.41, 5.74) is 0.568. The lowest BCUT2D eigenvalue weighted by Crippen LogP contribution is -2.43. The van der Waals surface area contributed by atoms with Crippen LogP contribution in [0.3, 0.4) is 0 Å². The second-order valence-corrected chi connectivity index (χ2v) is 5.06. The van der Waals surface area contributed by atoms with E-state index in [2.05, 4.69) is 39.8 Å². The average molecular weight is 305 g/mol. The lowest BCUT2D eigenvalue weighted by Gasteiger charge is -2.16. The van der Waals surface area contributed by atoms with E-state index in [0.717, 1.165) is 25.3 Å². The molecule has 0 aromatic carbocycles. The van der Waals surface area contributed by atoms with Crippen LogP contribution >= 0.6 is 0 Å². The van der Waals surface area contributed by atoms with Gasteiger partial charge in [-0.05, 0) is 18.1 Å². The van der Waals surface area contributed by atoms with E-state index in [9.17, 15) is 4.79 Å². The standard InChI is InChI=1S/C16H27N5O/c1-4-13(5-2)11-21-16(17-3)20-10-9-19-15(22)14-7-6-8-18-12-14/h6-8,12-13H,4-5,9-11H2,1-3H3,(H,19,22)(H2,17,20,21). The third-order valence-corrected chi connectivity index (χ3v) is 3.56. The molecule has 6 nitrogen and oxygen atoms in total. The van der Waals surface area contributed by atoms with Crippen LogP contribution < -0.4 is 16.0 Å². The van der Waals surface area contributed by atoms with E-state index in [1.165, 1.54) is 0 Å². The smallest absolute Gasteiger partial charge is 0.252 e. The number of hydrogen-bond donors (Lipinski definition) is 3. The number of carbonyl (C=O) groups excluding carboxylic acids is 1. The SMILES string of the molecule is CCC(CC)CNC(=NC)NCCNC(=O)c1cccnc1. The summed E-state index contributed by atoms with van der Waals surface area (Å²) in [6, 6.07) is 3.49. The Hall–Kier alpha value is -2.11. The summed E-state index contributed by atoms with van der Waals surface area (Å²) >= 11 is 0. The Morgan fingerprint density at radius 2 is 1.95 bits per heavy atom. The molecule has 0 unspecified atom stereocenters. The predicted molar refractivity (Wildman–Crippen MR) is 90.0 cm³/mol. The van der Waals surface area contributed by atoms with Crippen molar-refractivity contribution in [3.8, 4) is 0 Å². The molecule has 1 amide bonds. The largest absolute Gasteiger partial charge is 0.356 e. The van der Waals surface area contributed by atoms with Crippen molar-refractivity contribution in [3.05, 3.63) is 30.1 Å². The minimum Gasteiger partial charge on any atom is -0.356 e. The quantitative estimate of drug-likeness (QED) is 0.385. The molecule has 0 aliphatic carbocycles. The average Bonchev–Trinajstić information content (AvgIpc) is 2.58. The van der Waals surface area contributed by atoms with Crippen LogP contribution in [0.25, 0.3) is 0 Å². The van der Waals surface area contributed by atoms with Gasteiger partial charge in [-0.2, -0.15) is 0 Å². The van der Waals surface area contributed by atoms with Crippen molar-refractivity contribution < 1.29 is 4.79 Å². The van der Waals surface area contributed by atoms with Gasteiger partial charge in [0, 0.05) is 39.1 Å². The first-order chi connectivity index (χ1) is 10.7. The van der Waals surface area contributed by atoms with E-state index < -0.39 is 0 Å².